The van der Waals surface area contributed by atoms with Gasteiger partial charge >= 0.3 is 11.9 Å². The molecule has 1 heterocycles. The standard InChI is InChI=1S/C17H21NO5/c1-23-17(22)14(11-12-5-3-2-4-6-12)15(19)18-9-7-13(8-10-18)16(20)21/h2-6,13-14H,7-11H2,1H3,(H,20,21). The number of rotatable bonds is 5. The molecule has 1 saturated heterocycles. The number of carboxylic acid groups (broad SMARTS) is 1. The summed E-state index contributed by atoms with van der Waals surface area (Å²) in [6, 6.07) is 9.30. The molecular formula is C17H21NO5. The van der Waals surface area contributed by atoms with Crippen molar-refractivity contribution >= 4 is 17.8 Å². The van der Waals surface area contributed by atoms with E-state index < -0.39 is 23.8 Å². The summed E-state index contributed by atoms with van der Waals surface area (Å²) in [5, 5.41) is 9.02. The lowest BCUT2D eigenvalue weighted by atomic mass is 9.93. The fourth-order valence-electron chi connectivity index (χ4n) is 2.83. The van der Waals surface area contributed by atoms with Gasteiger partial charge in [-0.25, -0.2) is 0 Å². The number of hydrogen-bond acceptors (Lipinski definition) is 4. The molecule has 6 nitrogen and oxygen atoms in total. The number of piperidine rings is 1. The van der Waals surface area contributed by atoms with E-state index in [9.17, 15) is 14.4 Å². The van der Waals surface area contributed by atoms with Crippen LogP contribution in [0.5, 0.6) is 0 Å². The summed E-state index contributed by atoms with van der Waals surface area (Å²) < 4.78 is 4.78. The number of likely N-dealkylation sites (tertiary alicyclic amines) is 1. The van der Waals surface area contributed by atoms with E-state index in [2.05, 4.69) is 0 Å². The van der Waals surface area contributed by atoms with Crippen LogP contribution in [0.2, 0.25) is 0 Å². The number of carbonyl (C=O) groups is 3. The van der Waals surface area contributed by atoms with Crippen LogP contribution in [-0.2, 0) is 25.5 Å². The van der Waals surface area contributed by atoms with Crippen molar-refractivity contribution in [3.63, 3.8) is 0 Å². The van der Waals surface area contributed by atoms with Gasteiger partial charge in [-0.2, -0.15) is 0 Å². The Morgan fingerprint density at radius 2 is 1.83 bits per heavy atom. The van der Waals surface area contributed by atoms with Crippen molar-refractivity contribution in [3.8, 4) is 0 Å². The van der Waals surface area contributed by atoms with Crippen LogP contribution in [0.15, 0.2) is 30.3 Å². The SMILES string of the molecule is COC(=O)C(Cc1ccccc1)C(=O)N1CCC(C(=O)O)CC1. The Labute approximate surface area is 135 Å². The van der Waals surface area contributed by atoms with Crippen LogP contribution in [0.1, 0.15) is 18.4 Å². The quantitative estimate of drug-likeness (QED) is 0.654. The van der Waals surface area contributed by atoms with E-state index in [1.54, 1.807) is 4.90 Å². The van der Waals surface area contributed by atoms with E-state index in [0.29, 0.717) is 25.9 Å². The summed E-state index contributed by atoms with van der Waals surface area (Å²) in [7, 11) is 1.27. The van der Waals surface area contributed by atoms with Crippen LogP contribution >= 0.6 is 0 Å². The molecule has 124 valence electrons. The first-order chi connectivity index (χ1) is 11.0. The van der Waals surface area contributed by atoms with Crippen molar-refractivity contribution < 1.29 is 24.2 Å². The van der Waals surface area contributed by atoms with E-state index in [0.717, 1.165) is 5.56 Å². The lowest BCUT2D eigenvalue weighted by Gasteiger charge is -2.32. The third-order valence-corrected chi connectivity index (χ3v) is 4.22. The Hall–Kier alpha value is -2.37. The largest absolute Gasteiger partial charge is 0.481 e. The molecule has 23 heavy (non-hydrogen) atoms. The van der Waals surface area contributed by atoms with Crippen molar-refractivity contribution in [2.75, 3.05) is 20.2 Å². The minimum Gasteiger partial charge on any atom is -0.481 e. The summed E-state index contributed by atoms with van der Waals surface area (Å²) in [4.78, 5) is 37.2. The molecule has 1 unspecified atom stereocenters. The van der Waals surface area contributed by atoms with Crippen molar-refractivity contribution in [2.45, 2.75) is 19.3 Å². The van der Waals surface area contributed by atoms with E-state index in [1.165, 1.54) is 7.11 Å². The van der Waals surface area contributed by atoms with Crippen molar-refractivity contribution in [2.24, 2.45) is 11.8 Å². The Morgan fingerprint density at radius 1 is 1.22 bits per heavy atom. The minimum absolute atomic E-state index is 0.283. The average molecular weight is 319 g/mol. The Morgan fingerprint density at radius 3 is 2.35 bits per heavy atom. The van der Waals surface area contributed by atoms with Gasteiger partial charge in [0.05, 0.1) is 13.0 Å². The van der Waals surface area contributed by atoms with E-state index in [4.69, 9.17) is 9.84 Å². The summed E-state index contributed by atoms with van der Waals surface area (Å²) >= 11 is 0. The minimum atomic E-state index is -0.885. The molecule has 0 bridgehead atoms. The second-order valence-electron chi connectivity index (χ2n) is 5.70. The highest BCUT2D eigenvalue weighted by Gasteiger charge is 2.34. The molecule has 1 atom stereocenters. The number of benzene rings is 1. The van der Waals surface area contributed by atoms with Gasteiger partial charge < -0.3 is 14.7 Å². The van der Waals surface area contributed by atoms with E-state index in [1.807, 2.05) is 30.3 Å². The maximum Gasteiger partial charge on any atom is 0.318 e. The van der Waals surface area contributed by atoms with Crippen molar-refractivity contribution in [1.82, 2.24) is 4.90 Å². The maximum atomic E-state index is 12.7. The molecule has 1 fully saturated rings. The molecule has 0 spiro atoms. The zero-order valence-corrected chi connectivity index (χ0v) is 13.1. The Balaban J connectivity index is 2.05. The predicted molar refractivity (Wildman–Crippen MR) is 82.6 cm³/mol. The number of hydrogen-bond donors (Lipinski definition) is 1. The van der Waals surface area contributed by atoms with Gasteiger partial charge in [-0.3, -0.25) is 14.4 Å². The van der Waals surface area contributed by atoms with Gasteiger partial charge in [-0.05, 0) is 24.8 Å². The molecule has 0 saturated carbocycles. The van der Waals surface area contributed by atoms with Gasteiger partial charge in [-0.15, -0.1) is 0 Å². The van der Waals surface area contributed by atoms with Gasteiger partial charge in [0.1, 0.15) is 5.92 Å². The third kappa shape index (κ3) is 4.31. The lowest BCUT2D eigenvalue weighted by molar-refractivity contribution is -0.156. The van der Waals surface area contributed by atoms with Gasteiger partial charge in [0, 0.05) is 13.1 Å². The van der Waals surface area contributed by atoms with Gasteiger partial charge in [0.2, 0.25) is 5.91 Å². The number of esters is 1. The summed E-state index contributed by atoms with van der Waals surface area (Å²) in [5.74, 6) is -2.97. The van der Waals surface area contributed by atoms with Crippen molar-refractivity contribution in [1.29, 1.82) is 0 Å². The molecule has 1 aromatic carbocycles. The fraction of sp³-hybridized carbons (Fsp3) is 0.471. The second-order valence-corrected chi connectivity index (χ2v) is 5.70. The van der Waals surface area contributed by atoms with Gasteiger partial charge in [0.15, 0.2) is 0 Å². The molecule has 6 heteroatoms. The van der Waals surface area contributed by atoms with Gasteiger partial charge in [-0.1, -0.05) is 30.3 Å². The number of ether oxygens (including phenoxy) is 1. The third-order valence-electron chi connectivity index (χ3n) is 4.22. The first-order valence-corrected chi connectivity index (χ1v) is 7.66. The maximum absolute atomic E-state index is 12.7. The van der Waals surface area contributed by atoms with Crippen LogP contribution in [0.4, 0.5) is 0 Å². The number of nitrogens with zero attached hydrogens (tertiary/aromatic N) is 1. The van der Waals surface area contributed by atoms with Gasteiger partial charge in [0.25, 0.3) is 0 Å². The number of carboxylic acids is 1. The molecule has 1 aliphatic heterocycles. The first-order valence-electron chi connectivity index (χ1n) is 7.66. The number of amides is 1. The summed E-state index contributed by atoms with van der Waals surface area (Å²) in [6.07, 6.45) is 1.12. The summed E-state index contributed by atoms with van der Waals surface area (Å²) in [5.41, 5.74) is 0.886. The molecule has 2 rings (SSSR count). The van der Waals surface area contributed by atoms with Crippen LogP contribution in [0.3, 0.4) is 0 Å². The zero-order chi connectivity index (χ0) is 16.8. The molecule has 1 N–H and O–H groups in total. The normalized spacial score (nSPS) is 16.7. The molecule has 1 amide bonds. The zero-order valence-electron chi connectivity index (χ0n) is 13.1. The fourth-order valence-corrected chi connectivity index (χ4v) is 2.83. The number of carbonyl (C=O) groups excluding carboxylic acids is 2. The van der Waals surface area contributed by atoms with Crippen molar-refractivity contribution in [3.05, 3.63) is 35.9 Å². The Bertz CT molecular complexity index is 564. The average Bonchev–Trinajstić information content (AvgIpc) is 2.59. The topological polar surface area (TPSA) is 83.9 Å². The smallest absolute Gasteiger partial charge is 0.318 e. The second kappa shape index (κ2) is 7.76. The lowest BCUT2D eigenvalue weighted by Crippen LogP contribution is -2.45. The van der Waals surface area contributed by atoms with E-state index >= 15 is 0 Å². The monoisotopic (exact) mass is 319 g/mol. The van der Waals surface area contributed by atoms with Crippen LogP contribution < -0.4 is 0 Å². The van der Waals surface area contributed by atoms with Crippen LogP contribution in [-0.4, -0.2) is 48.1 Å². The molecule has 1 aromatic rings. The van der Waals surface area contributed by atoms with E-state index in [-0.39, 0.29) is 12.3 Å². The molecule has 0 aliphatic carbocycles. The predicted octanol–water partition coefficient (Wildman–Crippen LogP) is 1.34. The number of methoxy groups -OCH3 is 1. The summed E-state index contributed by atoms with van der Waals surface area (Å²) in [6.45, 7) is 0.718. The highest BCUT2D eigenvalue weighted by atomic mass is 16.5. The highest BCUT2D eigenvalue weighted by Crippen LogP contribution is 2.21. The Kier molecular flexibility index (Phi) is 5.73. The van der Waals surface area contributed by atoms with Crippen LogP contribution in [0, 0.1) is 11.8 Å². The van der Waals surface area contributed by atoms with Crippen LogP contribution in [0.25, 0.3) is 0 Å². The first kappa shape index (κ1) is 17.0. The molecule has 0 aromatic heterocycles. The molecule has 0 radical (unpaired) electrons. The molecule has 1 aliphatic rings. The molecular weight excluding hydrogens is 298 g/mol. The highest BCUT2D eigenvalue weighted by molar-refractivity contribution is 5.98. The number of aliphatic carboxylic acids is 1.